The SMILES string of the molecule is CCC[C@H]1SCCN1C(=O)Cc1c(C)n[nH]c1C. The molecule has 100 valence electrons. The predicted octanol–water partition coefficient (Wildman–Crippen LogP) is 2.27. The van der Waals surface area contributed by atoms with Gasteiger partial charge in [0.15, 0.2) is 0 Å². The number of hydrogen-bond donors (Lipinski definition) is 1. The maximum absolute atomic E-state index is 12.4. The summed E-state index contributed by atoms with van der Waals surface area (Å²) in [4.78, 5) is 14.4. The second kappa shape index (κ2) is 5.78. The molecule has 1 aromatic heterocycles. The van der Waals surface area contributed by atoms with Gasteiger partial charge in [-0.3, -0.25) is 9.89 Å². The predicted molar refractivity (Wildman–Crippen MR) is 74.6 cm³/mol. The van der Waals surface area contributed by atoms with E-state index in [0.29, 0.717) is 11.8 Å². The quantitative estimate of drug-likeness (QED) is 0.910. The van der Waals surface area contributed by atoms with E-state index in [1.807, 2.05) is 30.5 Å². The summed E-state index contributed by atoms with van der Waals surface area (Å²) in [6.07, 6.45) is 2.71. The zero-order chi connectivity index (χ0) is 13.1. The molecule has 4 nitrogen and oxygen atoms in total. The highest BCUT2D eigenvalue weighted by atomic mass is 32.2. The van der Waals surface area contributed by atoms with Gasteiger partial charge in [0.1, 0.15) is 0 Å². The fourth-order valence-corrected chi connectivity index (χ4v) is 3.76. The first-order valence-corrected chi connectivity index (χ1v) is 7.59. The number of thioether (sulfide) groups is 1. The minimum absolute atomic E-state index is 0.242. The van der Waals surface area contributed by atoms with Crippen LogP contribution in [-0.2, 0) is 11.2 Å². The molecule has 0 aromatic carbocycles. The Morgan fingerprint density at radius 3 is 2.94 bits per heavy atom. The Hall–Kier alpha value is -0.970. The minimum Gasteiger partial charge on any atom is -0.330 e. The summed E-state index contributed by atoms with van der Waals surface area (Å²) in [7, 11) is 0. The molecule has 1 aromatic rings. The topological polar surface area (TPSA) is 49.0 Å². The van der Waals surface area contributed by atoms with Crippen molar-refractivity contribution in [2.45, 2.75) is 45.4 Å². The van der Waals surface area contributed by atoms with Gasteiger partial charge >= 0.3 is 0 Å². The lowest BCUT2D eigenvalue weighted by molar-refractivity contribution is -0.130. The molecule has 0 unspecified atom stereocenters. The molecule has 0 aliphatic carbocycles. The molecular weight excluding hydrogens is 246 g/mol. The van der Waals surface area contributed by atoms with E-state index in [0.717, 1.165) is 42.1 Å². The van der Waals surface area contributed by atoms with Gasteiger partial charge in [0, 0.05) is 23.6 Å². The number of nitrogens with zero attached hydrogens (tertiary/aromatic N) is 2. The molecule has 0 spiro atoms. The van der Waals surface area contributed by atoms with E-state index in [1.54, 1.807) is 0 Å². The number of carbonyl (C=O) groups excluding carboxylic acids is 1. The Labute approximate surface area is 113 Å². The molecule has 1 saturated heterocycles. The van der Waals surface area contributed by atoms with Crippen LogP contribution in [0.2, 0.25) is 0 Å². The third kappa shape index (κ3) is 2.71. The number of amides is 1. The van der Waals surface area contributed by atoms with Crippen LogP contribution in [0.25, 0.3) is 0 Å². The van der Waals surface area contributed by atoms with Crippen molar-refractivity contribution in [3.05, 3.63) is 17.0 Å². The van der Waals surface area contributed by atoms with Crippen LogP contribution in [-0.4, -0.2) is 38.7 Å². The monoisotopic (exact) mass is 267 g/mol. The molecular formula is C13H21N3OS. The number of aryl methyl sites for hydroxylation is 2. The van der Waals surface area contributed by atoms with Gasteiger partial charge in [-0.1, -0.05) is 13.3 Å². The highest BCUT2D eigenvalue weighted by molar-refractivity contribution is 8.00. The van der Waals surface area contributed by atoms with Crippen LogP contribution >= 0.6 is 11.8 Å². The van der Waals surface area contributed by atoms with Gasteiger partial charge in [0.05, 0.1) is 17.5 Å². The van der Waals surface area contributed by atoms with E-state index < -0.39 is 0 Å². The maximum Gasteiger partial charge on any atom is 0.228 e. The van der Waals surface area contributed by atoms with Gasteiger partial charge in [-0.25, -0.2) is 0 Å². The first kappa shape index (κ1) is 13.5. The molecule has 1 aliphatic rings. The van der Waals surface area contributed by atoms with Crippen molar-refractivity contribution in [2.75, 3.05) is 12.3 Å². The van der Waals surface area contributed by atoms with Gasteiger partial charge < -0.3 is 4.90 Å². The van der Waals surface area contributed by atoms with Crippen LogP contribution < -0.4 is 0 Å². The van der Waals surface area contributed by atoms with Crippen LogP contribution in [0.4, 0.5) is 0 Å². The molecule has 1 amide bonds. The fourth-order valence-electron chi connectivity index (χ4n) is 2.38. The van der Waals surface area contributed by atoms with E-state index in [4.69, 9.17) is 0 Å². The maximum atomic E-state index is 12.4. The molecule has 1 atom stereocenters. The van der Waals surface area contributed by atoms with Crippen molar-refractivity contribution in [3.8, 4) is 0 Å². The summed E-state index contributed by atoms with van der Waals surface area (Å²) >= 11 is 1.91. The number of aromatic amines is 1. The highest BCUT2D eigenvalue weighted by Crippen LogP contribution is 2.28. The molecule has 2 heterocycles. The number of carbonyl (C=O) groups is 1. The van der Waals surface area contributed by atoms with Gasteiger partial charge in [-0.05, 0) is 20.3 Å². The first-order chi connectivity index (χ1) is 8.63. The molecule has 0 bridgehead atoms. The Kier molecular flexibility index (Phi) is 4.32. The zero-order valence-corrected chi connectivity index (χ0v) is 12.1. The molecule has 1 aliphatic heterocycles. The van der Waals surface area contributed by atoms with Crippen LogP contribution in [0.3, 0.4) is 0 Å². The molecule has 5 heteroatoms. The average Bonchev–Trinajstić information content (AvgIpc) is 2.91. The van der Waals surface area contributed by atoms with Crippen molar-refractivity contribution in [3.63, 3.8) is 0 Å². The lowest BCUT2D eigenvalue weighted by Gasteiger charge is -2.23. The number of nitrogens with one attached hydrogen (secondary N) is 1. The van der Waals surface area contributed by atoms with E-state index in [2.05, 4.69) is 17.1 Å². The summed E-state index contributed by atoms with van der Waals surface area (Å²) in [6.45, 7) is 7.00. The first-order valence-electron chi connectivity index (χ1n) is 6.55. The molecule has 0 radical (unpaired) electrons. The van der Waals surface area contributed by atoms with Crippen molar-refractivity contribution in [1.82, 2.24) is 15.1 Å². The van der Waals surface area contributed by atoms with Crippen molar-refractivity contribution in [1.29, 1.82) is 0 Å². The Balaban J connectivity index is 2.03. The normalized spacial score (nSPS) is 19.5. The molecule has 0 saturated carbocycles. The summed E-state index contributed by atoms with van der Waals surface area (Å²) < 4.78 is 0. The minimum atomic E-state index is 0.242. The second-order valence-corrected chi connectivity index (χ2v) is 6.08. The summed E-state index contributed by atoms with van der Waals surface area (Å²) in [5, 5.41) is 7.48. The standard InChI is InChI=1S/C13H21N3OS/c1-4-5-13-16(6-7-18-13)12(17)8-11-9(2)14-15-10(11)3/h13H,4-8H2,1-3H3,(H,14,15)/t13-/m1/s1. The largest absolute Gasteiger partial charge is 0.330 e. The second-order valence-electron chi connectivity index (χ2n) is 4.79. The average molecular weight is 267 g/mol. The third-order valence-corrected chi connectivity index (χ3v) is 4.75. The number of hydrogen-bond acceptors (Lipinski definition) is 3. The van der Waals surface area contributed by atoms with Crippen LogP contribution in [0.15, 0.2) is 0 Å². The summed E-state index contributed by atoms with van der Waals surface area (Å²) in [5.41, 5.74) is 3.02. The Bertz CT molecular complexity index is 410. The molecule has 18 heavy (non-hydrogen) atoms. The summed E-state index contributed by atoms with van der Waals surface area (Å²) in [6, 6.07) is 0. The number of H-pyrrole nitrogens is 1. The molecule has 2 rings (SSSR count). The summed E-state index contributed by atoms with van der Waals surface area (Å²) in [5.74, 6) is 1.31. The zero-order valence-electron chi connectivity index (χ0n) is 11.3. The van der Waals surface area contributed by atoms with Crippen molar-refractivity contribution < 1.29 is 4.79 Å². The van der Waals surface area contributed by atoms with Crippen molar-refractivity contribution >= 4 is 17.7 Å². The lowest BCUT2D eigenvalue weighted by Crippen LogP contribution is -2.36. The van der Waals surface area contributed by atoms with E-state index >= 15 is 0 Å². The third-order valence-electron chi connectivity index (χ3n) is 3.45. The Morgan fingerprint density at radius 2 is 2.33 bits per heavy atom. The van der Waals surface area contributed by atoms with Crippen LogP contribution in [0.1, 0.15) is 36.7 Å². The number of aromatic nitrogens is 2. The lowest BCUT2D eigenvalue weighted by atomic mass is 10.1. The molecule has 1 N–H and O–H groups in total. The van der Waals surface area contributed by atoms with Gasteiger partial charge in [0.25, 0.3) is 0 Å². The fraction of sp³-hybridized carbons (Fsp3) is 0.692. The van der Waals surface area contributed by atoms with Crippen LogP contribution in [0, 0.1) is 13.8 Å². The smallest absolute Gasteiger partial charge is 0.228 e. The van der Waals surface area contributed by atoms with E-state index in [9.17, 15) is 4.79 Å². The number of rotatable bonds is 4. The van der Waals surface area contributed by atoms with E-state index in [1.165, 1.54) is 0 Å². The highest BCUT2D eigenvalue weighted by Gasteiger charge is 2.29. The van der Waals surface area contributed by atoms with Gasteiger partial charge in [0.2, 0.25) is 5.91 Å². The van der Waals surface area contributed by atoms with Crippen LogP contribution in [0.5, 0.6) is 0 Å². The van der Waals surface area contributed by atoms with Crippen molar-refractivity contribution in [2.24, 2.45) is 0 Å². The Morgan fingerprint density at radius 1 is 1.56 bits per heavy atom. The van der Waals surface area contributed by atoms with Gasteiger partial charge in [-0.2, -0.15) is 5.10 Å². The molecule has 1 fully saturated rings. The van der Waals surface area contributed by atoms with E-state index in [-0.39, 0.29) is 5.91 Å². The van der Waals surface area contributed by atoms with Gasteiger partial charge in [-0.15, -0.1) is 11.8 Å².